The van der Waals surface area contributed by atoms with Crippen molar-refractivity contribution in [3.8, 4) is 0 Å². The van der Waals surface area contributed by atoms with Crippen LogP contribution in [0.15, 0.2) is 0 Å². The normalized spacial score (nSPS) is 14.4. The molecule has 0 saturated heterocycles. The molecule has 0 N–H and O–H groups in total. The third-order valence-electron chi connectivity index (χ3n) is 1.48. The Morgan fingerprint density at radius 1 is 1.50 bits per heavy atom. The van der Waals surface area contributed by atoms with E-state index in [9.17, 15) is 18.0 Å². The minimum absolute atomic E-state index is 0.106. The van der Waals surface area contributed by atoms with E-state index in [0.29, 0.717) is 0 Å². The zero-order valence-corrected chi connectivity index (χ0v) is 6.94. The summed E-state index contributed by atoms with van der Waals surface area (Å²) in [7, 11) is 1.38. The van der Waals surface area contributed by atoms with Crippen LogP contribution in [0.25, 0.3) is 0 Å². The average Bonchev–Trinajstić information content (AvgIpc) is 1.97. The van der Waals surface area contributed by atoms with Gasteiger partial charge in [0, 0.05) is 19.6 Å². The number of ether oxygens (including phenoxy) is 1. The van der Waals surface area contributed by atoms with E-state index in [1.165, 1.54) is 14.0 Å². The molecule has 0 aromatic rings. The maximum absolute atomic E-state index is 11.7. The zero-order valence-electron chi connectivity index (χ0n) is 6.94. The number of carbonyl (C=O) groups excluding carboxylic acids is 1. The predicted octanol–water partition coefficient (Wildman–Crippen LogP) is 1.79. The van der Waals surface area contributed by atoms with Crippen LogP contribution in [-0.2, 0) is 9.53 Å². The molecule has 0 fully saturated rings. The zero-order chi connectivity index (χ0) is 9.78. The largest absolute Gasteiger partial charge is 0.450 e. The molecule has 0 saturated carbocycles. The Kier molecular flexibility index (Phi) is 4.23. The van der Waals surface area contributed by atoms with E-state index in [4.69, 9.17) is 0 Å². The first-order chi connectivity index (χ1) is 5.39. The SMILES string of the molecule is COCCC(C)C(=O)C(F)(F)F. The summed E-state index contributed by atoms with van der Waals surface area (Å²) in [6.45, 7) is 1.41. The van der Waals surface area contributed by atoms with E-state index in [1.54, 1.807) is 0 Å². The van der Waals surface area contributed by atoms with Crippen LogP contribution in [-0.4, -0.2) is 25.7 Å². The van der Waals surface area contributed by atoms with Crippen molar-refractivity contribution in [2.75, 3.05) is 13.7 Å². The Morgan fingerprint density at radius 2 is 2.00 bits per heavy atom. The van der Waals surface area contributed by atoms with Gasteiger partial charge in [0.25, 0.3) is 0 Å². The summed E-state index contributed by atoms with van der Waals surface area (Å²) in [5.41, 5.74) is 0. The Balaban J connectivity index is 3.94. The van der Waals surface area contributed by atoms with Crippen molar-refractivity contribution in [1.29, 1.82) is 0 Å². The fourth-order valence-electron chi connectivity index (χ4n) is 0.705. The highest BCUT2D eigenvalue weighted by Gasteiger charge is 2.40. The van der Waals surface area contributed by atoms with Gasteiger partial charge in [-0.05, 0) is 6.42 Å². The van der Waals surface area contributed by atoms with Gasteiger partial charge >= 0.3 is 6.18 Å². The third-order valence-corrected chi connectivity index (χ3v) is 1.48. The summed E-state index contributed by atoms with van der Waals surface area (Å²) >= 11 is 0. The van der Waals surface area contributed by atoms with Crippen LogP contribution in [0.5, 0.6) is 0 Å². The number of halogens is 3. The molecule has 72 valence electrons. The van der Waals surface area contributed by atoms with Crippen LogP contribution in [0.4, 0.5) is 13.2 Å². The molecule has 0 aliphatic carbocycles. The number of ketones is 1. The molecule has 1 atom stereocenters. The molecule has 0 aliphatic heterocycles. The van der Waals surface area contributed by atoms with Crippen molar-refractivity contribution >= 4 is 5.78 Å². The number of hydrogen-bond acceptors (Lipinski definition) is 2. The van der Waals surface area contributed by atoms with Gasteiger partial charge in [-0.15, -0.1) is 0 Å². The highest BCUT2D eigenvalue weighted by molar-refractivity contribution is 5.85. The van der Waals surface area contributed by atoms with Crippen LogP contribution in [0.1, 0.15) is 13.3 Å². The van der Waals surface area contributed by atoms with Gasteiger partial charge in [0.1, 0.15) is 0 Å². The predicted molar refractivity (Wildman–Crippen MR) is 36.7 cm³/mol. The smallest absolute Gasteiger partial charge is 0.385 e. The Labute approximate surface area is 68.7 Å². The second-order valence-electron chi connectivity index (χ2n) is 2.54. The van der Waals surface area contributed by atoms with E-state index in [2.05, 4.69) is 4.74 Å². The van der Waals surface area contributed by atoms with Crippen molar-refractivity contribution in [2.24, 2.45) is 5.92 Å². The molecule has 0 heterocycles. The monoisotopic (exact) mass is 184 g/mol. The minimum atomic E-state index is -4.72. The highest BCUT2D eigenvalue weighted by atomic mass is 19.4. The standard InChI is InChI=1S/C7H11F3O2/c1-5(3-4-12-2)6(11)7(8,9)10/h5H,3-4H2,1-2H3. The number of rotatable bonds is 4. The molecular formula is C7H11F3O2. The Morgan fingerprint density at radius 3 is 2.33 bits per heavy atom. The summed E-state index contributed by atoms with van der Waals surface area (Å²) in [5, 5.41) is 0. The molecule has 0 aromatic carbocycles. The first-order valence-electron chi connectivity index (χ1n) is 3.49. The topological polar surface area (TPSA) is 26.3 Å². The lowest BCUT2D eigenvalue weighted by atomic mass is 10.0. The van der Waals surface area contributed by atoms with Gasteiger partial charge in [0.05, 0.1) is 0 Å². The number of carbonyl (C=O) groups is 1. The molecule has 1 unspecified atom stereocenters. The van der Waals surface area contributed by atoms with E-state index >= 15 is 0 Å². The summed E-state index contributed by atoms with van der Waals surface area (Å²) in [6, 6.07) is 0. The van der Waals surface area contributed by atoms with Gasteiger partial charge in [-0.1, -0.05) is 6.92 Å². The molecule has 0 bridgehead atoms. The molecule has 2 nitrogen and oxygen atoms in total. The van der Waals surface area contributed by atoms with E-state index in [-0.39, 0.29) is 13.0 Å². The lowest BCUT2D eigenvalue weighted by molar-refractivity contribution is -0.175. The van der Waals surface area contributed by atoms with Crippen molar-refractivity contribution in [3.63, 3.8) is 0 Å². The van der Waals surface area contributed by atoms with Crippen molar-refractivity contribution < 1.29 is 22.7 Å². The second kappa shape index (κ2) is 4.45. The quantitative estimate of drug-likeness (QED) is 0.665. The summed E-state index contributed by atoms with van der Waals surface area (Å²) in [4.78, 5) is 10.5. The first kappa shape index (κ1) is 11.4. The van der Waals surface area contributed by atoms with Crippen LogP contribution in [0.3, 0.4) is 0 Å². The van der Waals surface area contributed by atoms with E-state index < -0.39 is 17.9 Å². The average molecular weight is 184 g/mol. The maximum Gasteiger partial charge on any atom is 0.450 e. The lowest BCUT2D eigenvalue weighted by Gasteiger charge is -2.11. The van der Waals surface area contributed by atoms with Gasteiger partial charge in [0.2, 0.25) is 5.78 Å². The molecule has 5 heteroatoms. The molecule has 0 rings (SSSR count). The summed E-state index contributed by atoms with van der Waals surface area (Å²) in [6.07, 6.45) is -4.61. The number of alkyl halides is 3. The molecular weight excluding hydrogens is 173 g/mol. The molecule has 0 radical (unpaired) electrons. The van der Waals surface area contributed by atoms with Crippen LogP contribution < -0.4 is 0 Å². The van der Waals surface area contributed by atoms with Gasteiger partial charge < -0.3 is 4.74 Å². The Bertz CT molecular complexity index is 153. The van der Waals surface area contributed by atoms with Crippen molar-refractivity contribution in [1.82, 2.24) is 0 Å². The fraction of sp³-hybridized carbons (Fsp3) is 0.857. The number of hydrogen-bond donors (Lipinski definition) is 0. The van der Waals surface area contributed by atoms with Crippen LogP contribution in [0, 0.1) is 5.92 Å². The van der Waals surface area contributed by atoms with Crippen LogP contribution in [0.2, 0.25) is 0 Å². The minimum Gasteiger partial charge on any atom is -0.385 e. The molecule has 12 heavy (non-hydrogen) atoms. The van der Waals surface area contributed by atoms with Crippen LogP contribution >= 0.6 is 0 Å². The number of Topliss-reactive ketones (excluding diaryl/α,β-unsaturated/α-hetero) is 1. The van der Waals surface area contributed by atoms with E-state index in [1.807, 2.05) is 0 Å². The van der Waals surface area contributed by atoms with Gasteiger partial charge in [0.15, 0.2) is 0 Å². The molecule has 0 aliphatic rings. The van der Waals surface area contributed by atoms with E-state index in [0.717, 1.165) is 0 Å². The lowest BCUT2D eigenvalue weighted by Crippen LogP contribution is -2.29. The third kappa shape index (κ3) is 3.71. The van der Waals surface area contributed by atoms with Gasteiger partial charge in [-0.2, -0.15) is 13.2 Å². The maximum atomic E-state index is 11.7. The first-order valence-corrected chi connectivity index (χ1v) is 3.49. The van der Waals surface area contributed by atoms with Crippen molar-refractivity contribution in [2.45, 2.75) is 19.5 Å². The second-order valence-corrected chi connectivity index (χ2v) is 2.54. The molecule has 0 amide bonds. The fourth-order valence-corrected chi connectivity index (χ4v) is 0.705. The molecule has 0 aromatic heterocycles. The highest BCUT2D eigenvalue weighted by Crippen LogP contribution is 2.22. The molecule has 0 spiro atoms. The van der Waals surface area contributed by atoms with Gasteiger partial charge in [-0.3, -0.25) is 4.79 Å². The summed E-state index contributed by atoms with van der Waals surface area (Å²) in [5.74, 6) is -2.69. The Hall–Kier alpha value is -0.580. The number of methoxy groups -OCH3 is 1. The van der Waals surface area contributed by atoms with Crippen molar-refractivity contribution in [3.05, 3.63) is 0 Å². The van der Waals surface area contributed by atoms with Gasteiger partial charge in [-0.25, -0.2) is 0 Å². The summed E-state index contributed by atoms with van der Waals surface area (Å²) < 4.78 is 39.8.